The number of phenols is 1. The average molecular weight is 294 g/mol. The van der Waals surface area contributed by atoms with Crippen molar-refractivity contribution in [2.24, 2.45) is 0 Å². The van der Waals surface area contributed by atoms with Gasteiger partial charge in [0.1, 0.15) is 5.75 Å². The zero-order valence-corrected chi connectivity index (χ0v) is 11.9. The maximum atomic E-state index is 11.9. The Balaban J connectivity index is 1.80. The largest absolute Gasteiger partial charge is 0.506 e. The van der Waals surface area contributed by atoms with E-state index in [0.717, 1.165) is 24.1 Å². The van der Waals surface area contributed by atoms with Crippen LogP contribution in [0.3, 0.4) is 0 Å². The van der Waals surface area contributed by atoms with E-state index in [9.17, 15) is 9.90 Å². The van der Waals surface area contributed by atoms with Crippen LogP contribution < -0.4 is 5.32 Å². The standard InChI is InChI=1S/C14H16ClN3O2/c1-9-11(8-17-18-9)3-2-6-16-14(20)10-4-5-13(19)12(15)7-10/h4-5,7-8,19H,2-3,6H2,1H3,(H,16,20)(H,17,18). The lowest BCUT2D eigenvalue weighted by Gasteiger charge is -2.06. The van der Waals surface area contributed by atoms with Crippen LogP contribution in [0.15, 0.2) is 24.4 Å². The second-order valence-corrected chi connectivity index (χ2v) is 4.95. The minimum atomic E-state index is -0.198. The van der Waals surface area contributed by atoms with Gasteiger partial charge in [0.2, 0.25) is 0 Å². The van der Waals surface area contributed by atoms with Gasteiger partial charge in [-0.25, -0.2) is 0 Å². The topological polar surface area (TPSA) is 78.0 Å². The van der Waals surface area contributed by atoms with E-state index in [4.69, 9.17) is 11.6 Å². The predicted molar refractivity (Wildman–Crippen MR) is 77.1 cm³/mol. The molecular formula is C14H16ClN3O2. The van der Waals surface area contributed by atoms with E-state index >= 15 is 0 Å². The highest BCUT2D eigenvalue weighted by Gasteiger charge is 2.08. The fourth-order valence-electron chi connectivity index (χ4n) is 1.86. The Morgan fingerprint density at radius 1 is 1.50 bits per heavy atom. The molecule has 0 aliphatic rings. The molecule has 0 unspecified atom stereocenters. The lowest BCUT2D eigenvalue weighted by Crippen LogP contribution is -2.24. The molecule has 1 heterocycles. The monoisotopic (exact) mass is 293 g/mol. The van der Waals surface area contributed by atoms with Crippen molar-refractivity contribution >= 4 is 17.5 Å². The first-order valence-corrected chi connectivity index (χ1v) is 6.71. The van der Waals surface area contributed by atoms with Gasteiger partial charge in [0.25, 0.3) is 5.91 Å². The van der Waals surface area contributed by atoms with Gasteiger partial charge < -0.3 is 10.4 Å². The van der Waals surface area contributed by atoms with Crippen molar-refractivity contribution in [3.05, 3.63) is 46.2 Å². The van der Waals surface area contributed by atoms with E-state index in [1.807, 2.05) is 6.92 Å². The normalized spacial score (nSPS) is 10.5. The van der Waals surface area contributed by atoms with Crippen LogP contribution in [0.4, 0.5) is 0 Å². The first-order valence-electron chi connectivity index (χ1n) is 6.33. The van der Waals surface area contributed by atoms with Gasteiger partial charge in [-0.05, 0) is 43.5 Å². The Labute approximate surface area is 122 Å². The zero-order chi connectivity index (χ0) is 14.5. The number of aromatic nitrogens is 2. The number of benzene rings is 1. The summed E-state index contributed by atoms with van der Waals surface area (Å²) in [5.41, 5.74) is 2.65. The van der Waals surface area contributed by atoms with Crippen LogP contribution in [0, 0.1) is 6.92 Å². The molecule has 0 saturated heterocycles. The summed E-state index contributed by atoms with van der Waals surface area (Å²) < 4.78 is 0. The van der Waals surface area contributed by atoms with Gasteiger partial charge in [0.15, 0.2) is 0 Å². The Hall–Kier alpha value is -2.01. The molecule has 2 aromatic rings. The summed E-state index contributed by atoms with van der Waals surface area (Å²) in [5, 5.41) is 19.1. The van der Waals surface area contributed by atoms with Crippen molar-refractivity contribution < 1.29 is 9.90 Å². The maximum absolute atomic E-state index is 11.9. The van der Waals surface area contributed by atoms with E-state index in [0.29, 0.717) is 12.1 Å². The molecule has 0 aliphatic carbocycles. The summed E-state index contributed by atoms with van der Waals surface area (Å²) in [5.74, 6) is -0.227. The minimum absolute atomic E-state index is 0.0290. The summed E-state index contributed by atoms with van der Waals surface area (Å²) in [6.45, 7) is 2.54. The lowest BCUT2D eigenvalue weighted by molar-refractivity contribution is 0.0953. The number of nitrogens with one attached hydrogen (secondary N) is 2. The zero-order valence-electron chi connectivity index (χ0n) is 11.1. The van der Waals surface area contributed by atoms with Gasteiger partial charge in [-0.2, -0.15) is 5.10 Å². The number of carbonyl (C=O) groups is 1. The fourth-order valence-corrected chi connectivity index (χ4v) is 2.04. The van der Waals surface area contributed by atoms with Gasteiger partial charge in [-0.1, -0.05) is 11.6 Å². The molecule has 2 rings (SSSR count). The van der Waals surface area contributed by atoms with Crippen LogP contribution in [0.1, 0.15) is 28.0 Å². The number of H-pyrrole nitrogens is 1. The first kappa shape index (κ1) is 14.4. The van der Waals surface area contributed by atoms with Crippen LogP contribution >= 0.6 is 11.6 Å². The highest BCUT2D eigenvalue weighted by atomic mass is 35.5. The Bertz CT molecular complexity index is 610. The Kier molecular flexibility index (Phi) is 4.63. The predicted octanol–water partition coefficient (Wildman–Crippen LogP) is 2.44. The quantitative estimate of drug-likeness (QED) is 0.741. The van der Waals surface area contributed by atoms with Crippen molar-refractivity contribution in [3.63, 3.8) is 0 Å². The second kappa shape index (κ2) is 6.43. The second-order valence-electron chi connectivity index (χ2n) is 4.55. The van der Waals surface area contributed by atoms with Crippen molar-refractivity contribution in [3.8, 4) is 5.75 Å². The SMILES string of the molecule is Cc1[nH]ncc1CCCNC(=O)c1ccc(O)c(Cl)c1. The van der Waals surface area contributed by atoms with E-state index in [1.165, 1.54) is 18.2 Å². The number of amides is 1. The Morgan fingerprint density at radius 3 is 2.95 bits per heavy atom. The third-order valence-electron chi connectivity index (χ3n) is 3.05. The molecule has 0 aliphatic heterocycles. The molecule has 5 nitrogen and oxygen atoms in total. The van der Waals surface area contributed by atoms with Crippen molar-refractivity contribution in [2.45, 2.75) is 19.8 Å². The number of aryl methyl sites for hydroxylation is 2. The molecule has 1 aromatic heterocycles. The number of aromatic hydroxyl groups is 1. The van der Waals surface area contributed by atoms with Gasteiger partial charge in [0, 0.05) is 17.8 Å². The van der Waals surface area contributed by atoms with Crippen LogP contribution in [0.2, 0.25) is 5.02 Å². The van der Waals surface area contributed by atoms with E-state index < -0.39 is 0 Å². The van der Waals surface area contributed by atoms with Crippen molar-refractivity contribution in [1.29, 1.82) is 0 Å². The molecule has 0 fully saturated rings. The lowest BCUT2D eigenvalue weighted by atomic mass is 10.1. The average Bonchev–Trinajstić information content (AvgIpc) is 2.83. The van der Waals surface area contributed by atoms with E-state index in [1.54, 1.807) is 6.20 Å². The van der Waals surface area contributed by atoms with Gasteiger partial charge in [-0.3, -0.25) is 9.89 Å². The molecule has 0 radical (unpaired) electrons. The van der Waals surface area contributed by atoms with Gasteiger partial charge in [-0.15, -0.1) is 0 Å². The minimum Gasteiger partial charge on any atom is -0.506 e. The Morgan fingerprint density at radius 2 is 2.30 bits per heavy atom. The number of aromatic amines is 1. The van der Waals surface area contributed by atoms with Gasteiger partial charge >= 0.3 is 0 Å². The number of halogens is 1. The van der Waals surface area contributed by atoms with E-state index in [2.05, 4.69) is 15.5 Å². The molecule has 106 valence electrons. The van der Waals surface area contributed by atoms with E-state index in [-0.39, 0.29) is 16.7 Å². The molecule has 0 bridgehead atoms. The molecule has 0 saturated carbocycles. The third-order valence-corrected chi connectivity index (χ3v) is 3.36. The molecule has 1 aromatic carbocycles. The summed E-state index contributed by atoms with van der Waals surface area (Å²) in [4.78, 5) is 11.9. The highest BCUT2D eigenvalue weighted by molar-refractivity contribution is 6.32. The number of rotatable bonds is 5. The molecule has 0 atom stereocenters. The smallest absolute Gasteiger partial charge is 0.251 e. The maximum Gasteiger partial charge on any atom is 0.251 e. The molecule has 6 heteroatoms. The van der Waals surface area contributed by atoms with Crippen LogP contribution in [-0.2, 0) is 6.42 Å². The summed E-state index contributed by atoms with van der Waals surface area (Å²) in [6.07, 6.45) is 3.49. The number of phenolic OH excluding ortho intramolecular Hbond substituents is 1. The molecule has 20 heavy (non-hydrogen) atoms. The molecule has 3 N–H and O–H groups in total. The number of carbonyl (C=O) groups excluding carboxylic acids is 1. The fraction of sp³-hybridized carbons (Fsp3) is 0.286. The number of nitrogens with zero attached hydrogens (tertiary/aromatic N) is 1. The molecule has 1 amide bonds. The van der Waals surface area contributed by atoms with Crippen LogP contribution in [0.5, 0.6) is 5.75 Å². The highest BCUT2D eigenvalue weighted by Crippen LogP contribution is 2.23. The van der Waals surface area contributed by atoms with Crippen LogP contribution in [0.25, 0.3) is 0 Å². The first-order chi connectivity index (χ1) is 9.58. The number of hydrogen-bond acceptors (Lipinski definition) is 3. The summed E-state index contributed by atoms with van der Waals surface area (Å²) in [6, 6.07) is 4.40. The van der Waals surface area contributed by atoms with Crippen molar-refractivity contribution in [1.82, 2.24) is 15.5 Å². The summed E-state index contributed by atoms with van der Waals surface area (Å²) in [7, 11) is 0. The third kappa shape index (κ3) is 3.51. The molecule has 0 spiro atoms. The van der Waals surface area contributed by atoms with Gasteiger partial charge in [0.05, 0.1) is 11.2 Å². The molecular weight excluding hydrogens is 278 g/mol. The number of hydrogen-bond donors (Lipinski definition) is 3. The van der Waals surface area contributed by atoms with Crippen LogP contribution in [-0.4, -0.2) is 27.8 Å². The van der Waals surface area contributed by atoms with Crippen molar-refractivity contribution in [2.75, 3.05) is 6.54 Å². The summed E-state index contributed by atoms with van der Waals surface area (Å²) >= 11 is 5.76.